The number of hydrogen-bond donors (Lipinski definition) is 2. The minimum absolute atomic E-state index is 0.190. The molecule has 5 aliphatic rings. The van der Waals surface area contributed by atoms with Gasteiger partial charge in [0.25, 0.3) is 11.8 Å². The Bertz CT molecular complexity index is 799. The highest BCUT2D eigenvalue weighted by Gasteiger charge is 2.51. The summed E-state index contributed by atoms with van der Waals surface area (Å²) in [5, 5.41) is 3.18. The maximum atomic E-state index is 12.7. The van der Waals surface area contributed by atoms with Crippen molar-refractivity contribution in [2.24, 2.45) is 11.8 Å². The molecular weight excluding hydrogens is 332 g/mol. The lowest BCUT2D eigenvalue weighted by Crippen LogP contribution is -2.69. The van der Waals surface area contributed by atoms with Crippen molar-refractivity contribution in [2.45, 2.75) is 24.8 Å². The molecule has 2 unspecified atom stereocenters. The summed E-state index contributed by atoms with van der Waals surface area (Å²) >= 11 is 0. The Morgan fingerprint density at radius 3 is 2.54 bits per heavy atom. The molecular formula is C19H22N4O3. The number of nitrogens with zero attached hydrogens (tertiary/aromatic N) is 2. The Balaban J connectivity index is 1.31. The molecule has 1 aliphatic carbocycles. The van der Waals surface area contributed by atoms with Crippen LogP contribution in [-0.2, 0) is 4.79 Å². The smallest absolute Gasteiger partial charge is 0.262 e. The molecule has 26 heavy (non-hydrogen) atoms. The van der Waals surface area contributed by atoms with Crippen LogP contribution in [0.2, 0.25) is 0 Å². The van der Waals surface area contributed by atoms with Crippen molar-refractivity contribution in [2.75, 3.05) is 31.9 Å². The van der Waals surface area contributed by atoms with E-state index in [1.807, 2.05) is 0 Å². The van der Waals surface area contributed by atoms with E-state index < -0.39 is 11.8 Å². The molecule has 1 aromatic carbocycles. The van der Waals surface area contributed by atoms with Crippen molar-refractivity contribution >= 4 is 23.4 Å². The number of carbonyl (C=O) groups is 3. The number of anilines is 1. The minimum atomic E-state index is -0.443. The Kier molecular flexibility index (Phi) is 3.22. The molecule has 3 N–H and O–H groups in total. The minimum Gasteiger partial charge on any atom is -0.399 e. The Hall–Kier alpha value is -2.41. The van der Waals surface area contributed by atoms with Crippen LogP contribution in [0.1, 0.15) is 40.0 Å². The van der Waals surface area contributed by atoms with Crippen LogP contribution in [0.4, 0.5) is 5.69 Å². The SMILES string of the molecule is Nc1ccc2c(c1)C(=O)N(CC(=O)NC13C[C@@H]4C[C@@H](CN(C4)C1)C3)C2=O. The van der Waals surface area contributed by atoms with Gasteiger partial charge in [-0.1, -0.05) is 0 Å². The maximum Gasteiger partial charge on any atom is 0.262 e. The molecule has 4 atom stereocenters. The van der Waals surface area contributed by atoms with E-state index in [4.69, 9.17) is 5.73 Å². The van der Waals surface area contributed by atoms with Crippen LogP contribution in [-0.4, -0.2) is 59.2 Å². The fourth-order valence-corrected chi connectivity index (χ4v) is 5.67. The molecule has 6 rings (SSSR count). The average molecular weight is 354 g/mol. The van der Waals surface area contributed by atoms with Crippen LogP contribution in [0.3, 0.4) is 0 Å². The second kappa shape index (κ2) is 5.30. The number of carbonyl (C=O) groups excluding carboxylic acids is 3. The molecule has 4 aliphatic heterocycles. The third kappa shape index (κ3) is 2.34. The number of hydrogen-bond acceptors (Lipinski definition) is 5. The van der Waals surface area contributed by atoms with E-state index >= 15 is 0 Å². The first-order valence-corrected chi connectivity index (χ1v) is 9.21. The number of imide groups is 1. The van der Waals surface area contributed by atoms with Crippen LogP contribution in [0, 0.1) is 11.8 Å². The molecule has 3 amide bonds. The van der Waals surface area contributed by atoms with Crippen molar-refractivity contribution in [3.05, 3.63) is 29.3 Å². The Morgan fingerprint density at radius 2 is 1.85 bits per heavy atom. The second-order valence-corrected chi connectivity index (χ2v) is 8.40. The molecule has 136 valence electrons. The van der Waals surface area contributed by atoms with Gasteiger partial charge in [-0.25, -0.2) is 0 Å². The third-order valence-corrected chi connectivity index (χ3v) is 6.29. The lowest BCUT2D eigenvalue weighted by atomic mass is 9.64. The van der Waals surface area contributed by atoms with Crippen LogP contribution < -0.4 is 11.1 Å². The first-order chi connectivity index (χ1) is 12.4. The van der Waals surface area contributed by atoms with Crippen LogP contribution in [0.15, 0.2) is 18.2 Å². The van der Waals surface area contributed by atoms with E-state index in [0.29, 0.717) is 23.1 Å². The first-order valence-electron chi connectivity index (χ1n) is 9.21. The highest BCUT2D eigenvalue weighted by molar-refractivity contribution is 6.22. The third-order valence-electron chi connectivity index (χ3n) is 6.29. The van der Waals surface area contributed by atoms with E-state index in [2.05, 4.69) is 10.2 Å². The number of nitrogens with two attached hydrogens (primary N) is 1. The summed E-state index contributed by atoms with van der Waals surface area (Å²) in [6.45, 7) is 2.91. The van der Waals surface area contributed by atoms with Crippen molar-refractivity contribution in [1.29, 1.82) is 0 Å². The van der Waals surface area contributed by atoms with Crippen molar-refractivity contribution in [1.82, 2.24) is 15.1 Å². The van der Waals surface area contributed by atoms with E-state index in [1.165, 1.54) is 12.5 Å². The van der Waals surface area contributed by atoms with E-state index in [-0.39, 0.29) is 23.6 Å². The maximum absolute atomic E-state index is 12.7. The molecule has 0 aromatic heterocycles. The normalized spacial score (nSPS) is 34.3. The number of nitrogens with one attached hydrogen (secondary N) is 1. The fraction of sp³-hybridized carbons (Fsp3) is 0.526. The molecule has 4 fully saturated rings. The van der Waals surface area contributed by atoms with Gasteiger partial charge in [-0.15, -0.1) is 0 Å². The zero-order valence-electron chi connectivity index (χ0n) is 14.5. The van der Waals surface area contributed by atoms with Gasteiger partial charge in [0.15, 0.2) is 0 Å². The highest BCUT2D eigenvalue weighted by atomic mass is 16.2. The average Bonchev–Trinajstić information content (AvgIpc) is 2.77. The highest BCUT2D eigenvalue weighted by Crippen LogP contribution is 2.45. The predicted octanol–water partition coefficient (Wildman–Crippen LogP) is 0.465. The van der Waals surface area contributed by atoms with E-state index in [0.717, 1.165) is 37.4 Å². The Labute approximate surface area is 151 Å². The standard InChI is InChI=1S/C19H22N4O3/c20-13-1-2-14-15(4-13)18(26)23(17(14)25)9-16(24)21-19-5-11-3-12(6-19)8-22(7-11)10-19/h1-2,4,11-12H,3,5-10,20H2,(H,21,24)/t11-,12+,19?. The van der Waals surface area contributed by atoms with Crippen molar-refractivity contribution < 1.29 is 14.4 Å². The number of amides is 3. The largest absolute Gasteiger partial charge is 0.399 e. The van der Waals surface area contributed by atoms with Gasteiger partial charge in [0.05, 0.1) is 16.7 Å². The van der Waals surface area contributed by atoms with Crippen LogP contribution in [0.25, 0.3) is 0 Å². The second-order valence-electron chi connectivity index (χ2n) is 8.40. The quantitative estimate of drug-likeness (QED) is 0.607. The predicted molar refractivity (Wildman–Crippen MR) is 94.4 cm³/mol. The van der Waals surface area contributed by atoms with Gasteiger partial charge in [-0.05, 0) is 49.3 Å². The molecule has 0 spiro atoms. The molecule has 1 aromatic rings. The monoisotopic (exact) mass is 354 g/mol. The molecule has 4 heterocycles. The van der Waals surface area contributed by atoms with Gasteiger partial charge in [-0.2, -0.15) is 0 Å². The number of rotatable bonds is 3. The Morgan fingerprint density at radius 1 is 1.15 bits per heavy atom. The zero-order chi connectivity index (χ0) is 18.1. The number of piperidine rings is 3. The van der Waals surface area contributed by atoms with Crippen molar-refractivity contribution in [3.8, 4) is 0 Å². The molecule has 1 saturated carbocycles. The summed E-state index contributed by atoms with van der Waals surface area (Å²) in [6, 6.07) is 4.65. The number of benzene rings is 1. The van der Waals surface area contributed by atoms with Gasteiger partial charge in [0, 0.05) is 25.3 Å². The summed E-state index contributed by atoms with van der Waals surface area (Å²) in [6.07, 6.45) is 3.27. The molecule has 7 heteroatoms. The summed E-state index contributed by atoms with van der Waals surface area (Å²) < 4.78 is 0. The molecule has 3 saturated heterocycles. The first kappa shape index (κ1) is 15.8. The fourth-order valence-electron chi connectivity index (χ4n) is 5.67. The lowest BCUT2D eigenvalue weighted by Gasteiger charge is -2.58. The van der Waals surface area contributed by atoms with E-state index in [9.17, 15) is 14.4 Å². The summed E-state index contributed by atoms with van der Waals surface area (Å²) in [7, 11) is 0. The van der Waals surface area contributed by atoms with Gasteiger partial charge < -0.3 is 16.0 Å². The molecule has 4 bridgehead atoms. The summed E-state index contributed by atoms with van der Waals surface area (Å²) in [5.74, 6) is 0.185. The van der Waals surface area contributed by atoms with Gasteiger partial charge in [0.1, 0.15) is 6.54 Å². The molecule has 0 radical (unpaired) electrons. The number of nitrogen functional groups attached to an aromatic ring is 1. The molecule has 7 nitrogen and oxygen atoms in total. The van der Waals surface area contributed by atoms with E-state index in [1.54, 1.807) is 12.1 Å². The van der Waals surface area contributed by atoms with Crippen molar-refractivity contribution in [3.63, 3.8) is 0 Å². The number of fused-ring (bicyclic) bond motifs is 1. The lowest BCUT2D eigenvalue weighted by molar-refractivity contribution is -0.128. The summed E-state index contributed by atoms with van der Waals surface area (Å²) in [5.41, 5.74) is 6.55. The topological polar surface area (TPSA) is 95.7 Å². The summed E-state index contributed by atoms with van der Waals surface area (Å²) in [4.78, 5) is 41.2. The zero-order valence-corrected chi connectivity index (χ0v) is 14.5. The van der Waals surface area contributed by atoms with Gasteiger partial charge in [-0.3, -0.25) is 19.3 Å². The van der Waals surface area contributed by atoms with Gasteiger partial charge >= 0.3 is 0 Å². The van der Waals surface area contributed by atoms with Gasteiger partial charge in [0.2, 0.25) is 5.91 Å². The van der Waals surface area contributed by atoms with Crippen LogP contribution >= 0.6 is 0 Å². The van der Waals surface area contributed by atoms with Crippen LogP contribution in [0.5, 0.6) is 0 Å².